The number of hydrogen-bond acceptors (Lipinski definition) is 4. The van der Waals surface area contributed by atoms with E-state index in [0.717, 1.165) is 10.0 Å². The van der Waals surface area contributed by atoms with Gasteiger partial charge in [-0.1, -0.05) is 34.1 Å². The van der Waals surface area contributed by atoms with Crippen LogP contribution in [0.1, 0.15) is 11.3 Å². The second kappa shape index (κ2) is 5.52. The molecule has 90 valence electrons. The van der Waals surface area contributed by atoms with Crippen LogP contribution in [0.25, 0.3) is 0 Å². The van der Waals surface area contributed by atoms with E-state index >= 15 is 0 Å². The summed E-state index contributed by atoms with van der Waals surface area (Å²) in [4.78, 5) is 4.12. The Bertz CT molecular complexity index is 604. The van der Waals surface area contributed by atoms with Gasteiger partial charge in [0.2, 0.25) is 0 Å². The number of pyridine rings is 1. The summed E-state index contributed by atoms with van der Waals surface area (Å²) in [5, 5.41) is 12.0. The molecule has 5 heteroatoms. The van der Waals surface area contributed by atoms with E-state index in [2.05, 4.69) is 26.2 Å². The number of nitrogen functional groups attached to an aromatic ring is 1. The standard InChI is InChI=1S/C13H11BrN4/c14-10-4-2-1-3-9(10)8-17-13-6-5-11(16)12(7-15)18-13/h1-6H,8,16H2,(H,17,18). The number of nitrogens with one attached hydrogen (secondary N) is 1. The molecule has 2 aromatic rings. The van der Waals surface area contributed by atoms with Crippen molar-refractivity contribution in [2.45, 2.75) is 6.54 Å². The first-order valence-electron chi connectivity index (χ1n) is 5.34. The van der Waals surface area contributed by atoms with Gasteiger partial charge in [-0.05, 0) is 23.8 Å². The zero-order valence-corrected chi connectivity index (χ0v) is 11.1. The molecule has 1 heterocycles. The van der Waals surface area contributed by atoms with Gasteiger partial charge in [0.05, 0.1) is 5.69 Å². The Labute approximate surface area is 114 Å². The van der Waals surface area contributed by atoms with Crippen molar-refractivity contribution in [1.82, 2.24) is 4.98 Å². The van der Waals surface area contributed by atoms with E-state index < -0.39 is 0 Å². The largest absolute Gasteiger partial charge is 0.396 e. The van der Waals surface area contributed by atoms with Gasteiger partial charge in [-0.2, -0.15) is 5.26 Å². The van der Waals surface area contributed by atoms with Crippen LogP contribution in [0.15, 0.2) is 40.9 Å². The fourth-order valence-electron chi connectivity index (χ4n) is 1.49. The molecule has 0 atom stereocenters. The van der Waals surface area contributed by atoms with Crippen molar-refractivity contribution in [3.63, 3.8) is 0 Å². The van der Waals surface area contributed by atoms with Gasteiger partial charge in [-0.3, -0.25) is 0 Å². The monoisotopic (exact) mass is 302 g/mol. The highest BCUT2D eigenvalue weighted by Crippen LogP contribution is 2.18. The van der Waals surface area contributed by atoms with E-state index in [0.29, 0.717) is 18.1 Å². The van der Waals surface area contributed by atoms with E-state index in [9.17, 15) is 0 Å². The van der Waals surface area contributed by atoms with Crippen molar-refractivity contribution in [2.24, 2.45) is 0 Å². The zero-order valence-electron chi connectivity index (χ0n) is 9.52. The maximum Gasteiger partial charge on any atom is 0.165 e. The summed E-state index contributed by atoms with van der Waals surface area (Å²) >= 11 is 3.48. The van der Waals surface area contributed by atoms with Crippen LogP contribution < -0.4 is 11.1 Å². The lowest BCUT2D eigenvalue weighted by atomic mass is 10.2. The smallest absolute Gasteiger partial charge is 0.165 e. The summed E-state index contributed by atoms with van der Waals surface area (Å²) in [6.07, 6.45) is 0. The number of benzene rings is 1. The SMILES string of the molecule is N#Cc1nc(NCc2ccccc2Br)ccc1N. The molecule has 18 heavy (non-hydrogen) atoms. The Balaban J connectivity index is 2.12. The third-order valence-electron chi connectivity index (χ3n) is 2.45. The molecule has 4 nitrogen and oxygen atoms in total. The van der Waals surface area contributed by atoms with Crippen LogP contribution in [0.2, 0.25) is 0 Å². The number of halogens is 1. The quantitative estimate of drug-likeness (QED) is 0.914. The summed E-state index contributed by atoms with van der Waals surface area (Å²) in [7, 11) is 0. The maximum atomic E-state index is 8.84. The fraction of sp³-hybridized carbons (Fsp3) is 0.0769. The minimum absolute atomic E-state index is 0.243. The highest BCUT2D eigenvalue weighted by Gasteiger charge is 2.03. The van der Waals surface area contributed by atoms with E-state index in [4.69, 9.17) is 11.0 Å². The minimum Gasteiger partial charge on any atom is -0.396 e. The molecule has 2 rings (SSSR count). The maximum absolute atomic E-state index is 8.84. The first kappa shape index (κ1) is 12.4. The van der Waals surface area contributed by atoms with Crippen LogP contribution in [-0.4, -0.2) is 4.98 Å². The van der Waals surface area contributed by atoms with Gasteiger partial charge in [0, 0.05) is 11.0 Å². The topological polar surface area (TPSA) is 74.7 Å². The van der Waals surface area contributed by atoms with Crippen molar-refractivity contribution >= 4 is 27.4 Å². The predicted octanol–water partition coefficient (Wildman–Crippen LogP) is 2.91. The van der Waals surface area contributed by atoms with E-state index in [-0.39, 0.29) is 5.69 Å². The van der Waals surface area contributed by atoms with Crippen molar-refractivity contribution in [3.8, 4) is 6.07 Å². The van der Waals surface area contributed by atoms with Crippen molar-refractivity contribution in [3.05, 3.63) is 52.1 Å². The average Bonchev–Trinajstić information content (AvgIpc) is 2.39. The van der Waals surface area contributed by atoms with Crippen molar-refractivity contribution < 1.29 is 0 Å². The highest BCUT2D eigenvalue weighted by molar-refractivity contribution is 9.10. The summed E-state index contributed by atoms with van der Waals surface area (Å²) in [5.41, 5.74) is 7.37. The van der Waals surface area contributed by atoms with Crippen LogP contribution in [0.5, 0.6) is 0 Å². The molecule has 0 aliphatic heterocycles. The summed E-state index contributed by atoms with van der Waals surface area (Å²) in [6, 6.07) is 13.3. The van der Waals surface area contributed by atoms with Crippen LogP contribution in [0.3, 0.4) is 0 Å². The first-order valence-corrected chi connectivity index (χ1v) is 6.14. The molecule has 0 aliphatic rings. The fourth-order valence-corrected chi connectivity index (χ4v) is 1.91. The molecular weight excluding hydrogens is 292 g/mol. The minimum atomic E-state index is 0.243. The number of anilines is 2. The molecule has 0 aliphatic carbocycles. The molecule has 0 amide bonds. The Morgan fingerprint density at radius 2 is 2.06 bits per heavy atom. The van der Waals surface area contributed by atoms with E-state index in [1.807, 2.05) is 30.3 Å². The molecule has 0 fully saturated rings. The number of nitrogens with zero attached hydrogens (tertiary/aromatic N) is 2. The summed E-state index contributed by atoms with van der Waals surface area (Å²) in [6.45, 7) is 0.628. The third kappa shape index (κ3) is 2.79. The van der Waals surface area contributed by atoms with Crippen molar-refractivity contribution in [1.29, 1.82) is 5.26 Å². The average molecular weight is 303 g/mol. The lowest BCUT2D eigenvalue weighted by Crippen LogP contribution is -2.04. The zero-order chi connectivity index (χ0) is 13.0. The van der Waals surface area contributed by atoms with Gasteiger partial charge >= 0.3 is 0 Å². The lowest BCUT2D eigenvalue weighted by molar-refractivity contribution is 1.10. The molecule has 0 saturated heterocycles. The number of aromatic nitrogens is 1. The van der Waals surface area contributed by atoms with E-state index in [1.165, 1.54) is 0 Å². The van der Waals surface area contributed by atoms with Gasteiger partial charge in [-0.15, -0.1) is 0 Å². The Morgan fingerprint density at radius 1 is 1.28 bits per heavy atom. The molecule has 0 radical (unpaired) electrons. The predicted molar refractivity (Wildman–Crippen MR) is 74.8 cm³/mol. The molecule has 3 N–H and O–H groups in total. The molecular formula is C13H11BrN4. The van der Waals surface area contributed by atoms with Gasteiger partial charge in [-0.25, -0.2) is 4.98 Å². The molecule has 1 aromatic heterocycles. The van der Waals surface area contributed by atoms with Crippen molar-refractivity contribution in [2.75, 3.05) is 11.1 Å². The normalized spacial score (nSPS) is 9.78. The Morgan fingerprint density at radius 3 is 2.78 bits per heavy atom. The van der Waals surface area contributed by atoms with Gasteiger partial charge in [0.15, 0.2) is 5.69 Å². The molecule has 0 unspecified atom stereocenters. The summed E-state index contributed by atoms with van der Waals surface area (Å²) in [5.74, 6) is 0.636. The number of rotatable bonds is 3. The van der Waals surface area contributed by atoms with Crippen LogP contribution in [-0.2, 0) is 6.54 Å². The summed E-state index contributed by atoms with van der Waals surface area (Å²) < 4.78 is 1.04. The Hall–Kier alpha value is -2.06. The molecule has 0 spiro atoms. The van der Waals surface area contributed by atoms with Gasteiger partial charge in [0.25, 0.3) is 0 Å². The molecule has 0 bridgehead atoms. The molecule has 1 aromatic carbocycles. The van der Waals surface area contributed by atoms with Crippen LogP contribution in [0.4, 0.5) is 11.5 Å². The lowest BCUT2D eigenvalue weighted by Gasteiger charge is -2.08. The van der Waals surface area contributed by atoms with Gasteiger partial charge < -0.3 is 11.1 Å². The van der Waals surface area contributed by atoms with Crippen LogP contribution in [0, 0.1) is 11.3 Å². The highest BCUT2D eigenvalue weighted by atomic mass is 79.9. The van der Waals surface area contributed by atoms with Gasteiger partial charge in [0.1, 0.15) is 11.9 Å². The third-order valence-corrected chi connectivity index (χ3v) is 3.22. The molecule has 0 saturated carbocycles. The van der Waals surface area contributed by atoms with Crippen LogP contribution >= 0.6 is 15.9 Å². The number of hydrogen-bond donors (Lipinski definition) is 2. The first-order chi connectivity index (χ1) is 8.70. The number of nitrogens with two attached hydrogens (primary N) is 1. The second-order valence-corrected chi connectivity index (χ2v) is 4.55. The number of nitriles is 1. The Kier molecular flexibility index (Phi) is 3.80. The van der Waals surface area contributed by atoms with E-state index in [1.54, 1.807) is 12.1 Å². The second-order valence-electron chi connectivity index (χ2n) is 3.69.